The van der Waals surface area contributed by atoms with E-state index in [1.807, 2.05) is 43.3 Å². The number of anilines is 1. The van der Waals surface area contributed by atoms with Crippen LogP contribution in [-0.4, -0.2) is 25.6 Å². The van der Waals surface area contributed by atoms with Gasteiger partial charge >= 0.3 is 0 Å². The molecule has 0 saturated heterocycles. The zero-order chi connectivity index (χ0) is 24.1. The van der Waals surface area contributed by atoms with Crippen molar-refractivity contribution in [3.8, 4) is 11.4 Å². The molecule has 8 nitrogen and oxygen atoms in total. The second kappa shape index (κ2) is 10.1. The molecule has 0 aliphatic rings. The van der Waals surface area contributed by atoms with Crippen LogP contribution < -0.4 is 5.32 Å². The van der Waals surface area contributed by atoms with E-state index in [9.17, 15) is 14.9 Å². The van der Waals surface area contributed by atoms with Gasteiger partial charge in [-0.25, -0.2) is 0 Å². The Bertz CT molecular complexity index is 1360. The maximum absolute atomic E-state index is 13.0. The van der Waals surface area contributed by atoms with E-state index in [1.165, 1.54) is 29.0 Å². The van der Waals surface area contributed by atoms with Crippen LogP contribution >= 0.6 is 11.6 Å². The van der Waals surface area contributed by atoms with Crippen molar-refractivity contribution in [1.82, 2.24) is 14.8 Å². The Morgan fingerprint density at radius 1 is 1.12 bits per heavy atom. The van der Waals surface area contributed by atoms with Crippen LogP contribution in [0.25, 0.3) is 17.5 Å². The summed E-state index contributed by atoms with van der Waals surface area (Å²) in [6.07, 6.45) is 2.81. The Morgan fingerprint density at radius 3 is 2.56 bits per heavy atom. The molecule has 0 bridgehead atoms. The number of nitrogens with one attached hydrogen (secondary N) is 1. The predicted octanol–water partition coefficient (Wildman–Crippen LogP) is 5.78. The zero-order valence-corrected chi connectivity index (χ0v) is 18.9. The normalized spacial score (nSPS) is 11.0. The van der Waals surface area contributed by atoms with Gasteiger partial charge in [-0.15, -0.1) is 5.10 Å². The maximum Gasteiger partial charge on any atom is 0.274 e. The molecule has 170 valence electrons. The molecule has 0 radical (unpaired) electrons. The van der Waals surface area contributed by atoms with E-state index >= 15 is 0 Å². The number of halogens is 1. The summed E-state index contributed by atoms with van der Waals surface area (Å²) in [5.74, 6) is 0.228. The molecule has 1 heterocycles. The molecule has 0 saturated carbocycles. The SMILES string of the molecule is Cc1ccc(-c2nc(NCc3ccc(Cl)cc3)n(C(=O)C=Cc3cccc([N+](=O)[O-])c3)n2)cc1. The fraction of sp³-hybridized carbons (Fsp3) is 0.0800. The number of rotatable bonds is 7. The Kier molecular flexibility index (Phi) is 6.79. The van der Waals surface area contributed by atoms with Crippen molar-refractivity contribution >= 4 is 35.2 Å². The lowest BCUT2D eigenvalue weighted by atomic mass is 10.1. The fourth-order valence-corrected chi connectivity index (χ4v) is 3.29. The number of aromatic nitrogens is 3. The van der Waals surface area contributed by atoms with Crippen LogP contribution in [-0.2, 0) is 6.54 Å². The molecule has 0 spiro atoms. The van der Waals surface area contributed by atoms with Gasteiger partial charge in [0.05, 0.1) is 4.92 Å². The average Bonchev–Trinajstić information content (AvgIpc) is 3.27. The molecule has 3 aromatic carbocycles. The fourth-order valence-electron chi connectivity index (χ4n) is 3.17. The number of benzene rings is 3. The molecule has 4 rings (SSSR count). The lowest BCUT2D eigenvalue weighted by Crippen LogP contribution is -2.14. The summed E-state index contributed by atoms with van der Waals surface area (Å²) < 4.78 is 1.18. The smallest absolute Gasteiger partial charge is 0.274 e. The highest BCUT2D eigenvalue weighted by molar-refractivity contribution is 6.30. The predicted molar refractivity (Wildman–Crippen MR) is 132 cm³/mol. The second-order valence-electron chi connectivity index (χ2n) is 7.54. The minimum absolute atomic E-state index is 0.0534. The van der Waals surface area contributed by atoms with E-state index in [0.29, 0.717) is 23.0 Å². The molecule has 4 aromatic rings. The van der Waals surface area contributed by atoms with Gasteiger partial charge in [0.1, 0.15) is 0 Å². The molecule has 1 aromatic heterocycles. The van der Waals surface area contributed by atoms with E-state index in [2.05, 4.69) is 15.4 Å². The Labute approximate surface area is 200 Å². The van der Waals surface area contributed by atoms with Crippen LogP contribution in [0.1, 0.15) is 21.5 Å². The molecular formula is C25H20ClN5O3. The first-order valence-corrected chi connectivity index (χ1v) is 10.8. The molecule has 0 atom stereocenters. The van der Waals surface area contributed by atoms with Gasteiger partial charge in [-0.2, -0.15) is 9.67 Å². The van der Waals surface area contributed by atoms with Gasteiger partial charge in [0.25, 0.3) is 11.6 Å². The molecular weight excluding hydrogens is 454 g/mol. The van der Waals surface area contributed by atoms with Crippen LogP contribution in [0, 0.1) is 17.0 Å². The zero-order valence-electron chi connectivity index (χ0n) is 18.2. The summed E-state index contributed by atoms with van der Waals surface area (Å²) in [5.41, 5.74) is 3.30. The van der Waals surface area contributed by atoms with Crippen LogP contribution in [0.15, 0.2) is 78.9 Å². The first-order valence-electron chi connectivity index (χ1n) is 10.4. The number of nitro groups is 1. The summed E-state index contributed by atoms with van der Waals surface area (Å²) in [6, 6.07) is 21.0. The third kappa shape index (κ3) is 5.54. The maximum atomic E-state index is 13.0. The van der Waals surface area contributed by atoms with Gasteiger partial charge < -0.3 is 5.32 Å². The van der Waals surface area contributed by atoms with Crippen LogP contribution in [0.4, 0.5) is 11.6 Å². The number of carbonyl (C=O) groups is 1. The molecule has 0 fully saturated rings. The minimum Gasteiger partial charge on any atom is -0.350 e. The summed E-state index contributed by atoms with van der Waals surface area (Å²) >= 11 is 5.95. The van der Waals surface area contributed by atoms with E-state index in [4.69, 9.17) is 11.6 Å². The molecule has 0 amide bonds. The molecule has 34 heavy (non-hydrogen) atoms. The highest BCUT2D eigenvalue weighted by atomic mass is 35.5. The van der Waals surface area contributed by atoms with Crippen LogP contribution in [0.2, 0.25) is 5.02 Å². The van der Waals surface area contributed by atoms with Crippen molar-refractivity contribution in [3.05, 3.63) is 111 Å². The van der Waals surface area contributed by atoms with E-state index in [1.54, 1.807) is 24.3 Å². The van der Waals surface area contributed by atoms with Crippen LogP contribution in [0.5, 0.6) is 0 Å². The van der Waals surface area contributed by atoms with E-state index < -0.39 is 10.8 Å². The van der Waals surface area contributed by atoms with Crippen molar-refractivity contribution in [2.75, 3.05) is 5.32 Å². The second-order valence-corrected chi connectivity index (χ2v) is 7.98. The standard InChI is InChI=1S/C25H20ClN5O3/c1-17-5-10-20(11-6-17)24-28-25(27-16-19-7-12-21(26)13-8-19)30(29-24)23(32)14-9-18-3-2-4-22(15-18)31(33)34/h2-15H,16H2,1H3,(H,27,28,29). The van der Waals surface area contributed by atoms with Gasteiger partial charge in [-0.3, -0.25) is 14.9 Å². The number of hydrogen-bond donors (Lipinski definition) is 1. The van der Waals surface area contributed by atoms with Crippen molar-refractivity contribution in [3.63, 3.8) is 0 Å². The summed E-state index contributed by atoms with van der Waals surface area (Å²) in [5, 5.41) is 19.2. The quantitative estimate of drug-likeness (QED) is 0.207. The van der Waals surface area contributed by atoms with Crippen molar-refractivity contribution < 1.29 is 9.72 Å². The Hall–Kier alpha value is -4.30. The van der Waals surface area contributed by atoms with Crippen molar-refractivity contribution in [1.29, 1.82) is 0 Å². The molecule has 0 aliphatic carbocycles. The minimum atomic E-state index is -0.483. The van der Waals surface area contributed by atoms with Gasteiger partial charge in [-0.05, 0) is 36.3 Å². The number of allylic oxidation sites excluding steroid dienone is 1. The van der Waals surface area contributed by atoms with Crippen molar-refractivity contribution in [2.24, 2.45) is 0 Å². The summed E-state index contributed by atoms with van der Waals surface area (Å²) in [6.45, 7) is 2.39. The third-order valence-corrected chi connectivity index (χ3v) is 5.24. The van der Waals surface area contributed by atoms with Crippen molar-refractivity contribution in [2.45, 2.75) is 13.5 Å². The van der Waals surface area contributed by atoms with Gasteiger partial charge in [0.2, 0.25) is 5.95 Å². The molecule has 9 heteroatoms. The van der Waals surface area contributed by atoms with E-state index in [0.717, 1.165) is 16.7 Å². The Morgan fingerprint density at radius 2 is 1.85 bits per heavy atom. The van der Waals surface area contributed by atoms with Gasteiger partial charge in [-0.1, -0.05) is 65.7 Å². The Balaban J connectivity index is 1.62. The highest BCUT2D eigenvalue weighted by Gasteiger charge is 2.16. The highest BCUT2D eigenvalue weighted by Crippen LogP contribution is 2.20. The van der Waals surface area contributed by atoms with Crippen LogP contribution in [0.3, 0.4) is 0 Å². The number of nitro benzene ring substituents is 1. The summed E-state index contributed by atoms with van der Waals surface area (Å²) in [4.78, 5) is 28.0. The number of nitrogens with zero attached hydrogens (tertiary/aromatic N) is 4. The molecule has 1 N–H and O–H groups in total. The topological polar surface area (TPSA) is 103 Å². The van der Waals surface area contributed by atoms with E-state index in [-0.39, 0.29) is 11.6 Å². The molecule has 0 aliphatic heterocycles. The van der Waals surface area contributed by atoms with Gasteiger partial charge in [0, 0.05) is 35.3 Å². The number of aryl methyl sites for hydroxylation is 1. The third-order valence-electron chi connectivity index (χ3n) is 4.99. The monoisotopic (exact) mass is 473 g/mol. The first kappa shape index (κ1) is 22.9. The first-order chi connectivity index (χ1) is 16.4. The summed E-state index contributed by atoms with van der Waals surface area (Å²) in [7, 11) is 0. The number of hydrogen-bond acceptors (Lipinski definition) is 6. The average molecular weight is 474 g/mol. The molecule has 0 unspecified atom stereocenters. The lowest BCUT2D eigenvalue weighted by molar-refractivity contribution is -0.384. The number of carbonyl (C=O) groups excluding carboxylic acids is 1. The lowest BCUT2D eigenvalue weighted by Gasteiger charge is -2.06. The van der Waals surface area contributed by atoms with Gasteiger partial charge in [0.15, 0.2) is 5.82 Å². The largest absolute Gasteiger partial charge is 0.350 e. The number of non-ortho nitro benzene ring substituents is 1.